The van der Waals surface area contributed by atoms with Gasteiger partial charge in [-0.1, -0.05) is 0 Å². The summed E-state index contributed by atoms with van der Waals surface area (Å²) in [4.78, 5) is 35.0. The number of anilines is 1. The number of hydrogen-bond acceptors (Lipinski definition) is 5. The molecule has 0 atom stereocenters. The third-order valence-electron chi connectivity index (χ3n) is 3.30. The van der Waals surface area contributed by atoms with E-state index in [0.717, 1.165) is 0 Å². The normalized spacial score (nSPS) is 10.1. The third-order valence-corrected chi connectivity index (χ3v) is 3.30. The summed E-state index contributed by atoms with van der Waals surface area (Å²) >= 11 is 0. The van der Waals surface area contributed by atoms with Gasteiger partial charge in [-0.3, -0.25) is 14.4 Å². The molecule has 0 aliphatic heterocycles. The molecular weight excluding hydrogens is 324 g/mol. The van der Waals surface area contributed by atoms with Crippen molar-refractivity contribution in [3.8, 4) is 0 Å². The van der Waals surface area contributed by atoms with Crippen LogP contribution in [-0.2, 0) is 9.53 Å². The molecule has 7 nitrogen and oxygen atoms in total. The summed E-state index contributed by atoms with van der Waals surface area (Å²) in [5.74, 6) is -0.661. The van der Waals surface area contributed by atoms with Crippen molar-refractivity contribution in [2.24, 2.45) is 0 Å². The molecule has 0 aliphatic carbocycles. The maximum atomic E-state index is 12.0. The van der Waals surface area contributed by atoms with Gasteiger partial charge in [0.15, 0.2) is 5.76 Å². The van der Waals surface area contributed by atoms with Gasteiger partial charge in [-0.25, -0.2) is 0 Å². The van der Waals surface area contributed by atoms with Gasteiger partial charge in [0.25, 0.3) is 11.8 Å². The molecule has 2 amide bonds. The fraction of sp³-hybridized carbons (Fsp3) is 0.278. The highest BCUT2D eigenvalue weighted by molar-refractivity contribution is 6.02. The van der Waals surface area contributed by atoms with Crippen molar-refractivity contribution in [3.05, 3.63) is 54.0 Å². The fourth-order valence-corrected chi connectivity index (χ4v) is 2.08. The molecule has 132 valence electrons. The lowest BCUT2D eigenvalue weighted by atomic mass is 10.2. The highest BCUT2D eigenvalue weighted by Gasteiger charge is 2.10. The van der Waals surface area contributed by atoms with E-state index in [-0.39, 0.29) is 30.0 Å². The van der Waals surface area contributed by atoms with E-state index < -0.39 is 0 Å². The second-order valence-electron chi connectivity index (χ2n) is 5.17. The number of furan rings is 1. The molecule has 0 unspecified atom stereocenters. The van der Waals surface area contributed by atoms with Crippen molar-refractivity contribution in [2.75, 3.05) is 18.5 Å². The lowest BCUT2D eigenvalue weighted by Gasteiger charge is -2.07. The molecule has 25 heavy (non-hydrogen) atoms. The van der Waals surface area contributed by atoms with Gasteiger partial charge in [-0.2, -0.15) is 0 Å². The van der Waals surface area contributed by atoms with Crippen LogP contribution in [0.25, 0.3) is 0 Å². The number of carbonyl (C=O) groups excluding carboxylic acids is 3. The zero-order valence-corrected chi connectivity index (χ0v) is 13.9. The van der Waals surface area contributed by atoms with Gasteiger partial charge in [0.05, 0.1) is 12.9 Å². The molecule has 2 rings (SSSR count). The Balaban J connectivity index is 1.78. The van der Waals surface area contributed by atoms with E-state index >= 15 is 0 Å². The van der Waals surface area contributed by atoms with E-state index in [9.17, 15) is 14.4 Å². The number of benzene rings is 1. The van der Waals surface area contributed by atoms with Crippen LogP contribution in [0.15, 0.2) is 47.1 Å². The summed E-state index contributed by atoms with van der Waals surface area (Å²) in [5, 5.41) is 5.40. The average Bonchev–Trinajstić information content (AvgIpc) is 3.14. The number of ether oxygens (including phenoxy) is 1. The molecule has 0 radical (unpaired) electrons. The Labute approximate surface area is 145 Å². The average molecular weight is 344 g/mol. The van der Waals surface area contributed by atoms with Crippen LogP contribution in [-0.4, -0.2) is 30.9 Å². The van der Waals surface area contributed by atoms with Crippen LogP contribution in [0.4, 0.5) is 5.69 Å². The van der Waals surface area contributed by atoms with Gasteiger partial charge in [-0.15, -0.1) is 0 Å². The SMILES string of the molecule is CCOC(=O)CCCNC(=O)c1ccc(NC(=O)c2ccco2)cc1. The van der Waals surface area contributed by atoms with Crippen LogP contribution in [0.5, 0.6) is 0 Å². The lowest BCUT2D eigenvalue weighted by Crippen LogP contribution is -2.25. The van der Waals surface area contributed by atoms with Crippen LogP contribution < -0.4 is 10.6 Å². The van der Waals surface area contributed by atoms with Gasteiger partial charge >= 0.3 is 5.97 Å². The summed E-state index contributed by atoms with van der Waals surface area (Å²) in [6.07, 6.45) is 2.21. The minimum atomic E-state index is -0.360. The van der Waals surface area contributed by atoms with E-state index in [1.165, 1.54) is 6.26 Å². The van der Waals surface area contributed by atoms with Crippen molar-refractivity contribution in [1.82, 2.24) is 5.32 Å². The van der Waals surface area contributed by atoms with Crippen molar-refractivity contribution in [3.63, 3.8) is 0 Å². The number of nitrogens with one attached hydrogen (secondary N) is 2. The van der Waals surface area contributed by atoms with E-state index in [2.05, 4.69) is 10.6 Å². The lowest BCUT2D eigenvalue weighted by molar-refractivity contribution is -0.143. The summed E-state index contributed by atoms with van der Waals surface area (Å²) in [6.45, 7) is 2.49. The third kappa shape index (κ3) is 5.80. The Morgan fingerprint density at radius 2 is 1.84 bits per heavy atom. The molecule has 1 aromatic carbocycles. The van der Waals surface area contributed by atoms with E-state index in [4.69, 9.17) is 9.15 Å². The molecule has 1 aromatic heterocycles. The summed E-state index contributed by atoms with van der Waals surface area (Å²) in [6, 6.07) is 9.68. The van der Waals surface area contributed by atoms with Crippen LogP contribution in [0, 0.1) is 0 Å². The molecular formula is C18H20N2O5. The topological polar surface area (TPSA) is 97.6 Å². The molecule has 7 heteroatoms. The first kappa shape index (κ1) is 18.3. The second-order valence-corrected chi connectivity index (χ2v) is 5.17. The summed E-state index contributed by atoms with van der Waals surface area (Å²) < 4.78 is 9.82. The smallest absolute Gasteiger partial charge is 0.305 e. The maximum absolute atomic E-state index is 12.0. The standard InChI is InChI=1S/C18H20N2O5/c1-2-24-16(21)6-3-11-19-17(22)13-7-9-14(10-8-13)20-18(23)15-5-4-12-25-15/h4-5,7-10,12H,2-3,6,11H2,1H3,(H,19,22)(H,20,23). The predicted octanol–water partition coefficient (Wildman–Crippen LogP) is 2.61. The van der Waals surface area contributed by atoms with Gasteiger partial charge in [0.2, 0.25) is 0 Å². The van der Waals surface area contributed by atoms with Gasteiger partial charge in [0, 0.05) is 24.2 Å². The number of hydrogen-bond donors (Lipinski definition) is 2. The highest BCUT2D eigenvalue weighted by Crippen LogP contribution is 2.12. The van der Waals surface area contributed by atoms with Crippen LogP contribution in [0.1, 0.15) is 40.7 Å². The monoisotopic (exact) mass is 344 g/mol. The quantitative estimate of drug-likeness (QED) is 0.567. The summed E-state index contributed by atoms with van der Waals surface area (Å²) in [7, 11) is 0. The molecule has 0 spiro atoms. The predicted molar refractivity (Wildman–Crippen MR) is 91.3 cm³/mol. The van der Waals surface area contributed by atoms with Crippen LogP contribution in [0.3, 0.4) is 0 Å². The van der Waals surface area contributed by atoms with Gasteiger partial charge < -0.3 is 19.8 Å². The Morgan fingerprint density at radius 1 is 1.08 bits per heavy atom. The van der Waals surface area contributed by atoms with E-state index in [1.54, 1.807) is 43.3 Å². The molecule has 0 aliphatic rings. The number of esters is 1. The molecule has 2 N–H and O–H groups in total. The molecule has 1 heterocycles. The van der Waals surface area contributed by atoms with Gasteiger partial charge in [0.1, 0.15) is 0 Å². The van der Waals surface area contributed by atoms with E-state index in [1.807, 2.05) is 0 Å². The first-order valence-electron chi connectivity index (χ1n) is 7.99. The zero-order valence-electron chi connectivity index (χ0n) is 13.9. The summed E-state index contributed by atoms with van der Waals surface area (Å²) in [5.41, 5.74) is 1.02. The Morgan fingerprint density at radius 3 is 2.48 bits per heavy atom. The molecule has 0 fully saturated rings. The Kier molecular flexibility index (Phi) is 6.76. The van der Waals surface area contributed by atoms with Crippen LogP contribution in [0.2, 0.25) is 0 Å². The number of amides is 2. The van der Waals surface area contributed by atoms with Gasteiger partial charge in [-0.05, 0) is 49.7 Å². The van der Waals surface area contributed by atoms with Crippen molar-refractivity contribution in [1.29, 1.82) is 0 Å². The second kappa shape index (κ2) is 9.27. The fourth-order valence-electron chi connectivity index (χ4n) is 2.08. The molecule has 0 saturated carbocycles. The minimum absolute atomic E-state index is 0.211. The minimum Gasteiger partial charge on any atom is -0.466 e. The highest BCUT2D eigenvalue weighted by atomic mass is 16.5. The van der Waals surface area contributed by atoms with E-state index in [0.29, 0.717) is 30.8 Å². The van der Waals surface area contributed by atoms with Crippen molar-refractivity contribution >= 4 is 23.5 Å². The molecule has 0 bridgehead atoms. The van der Waals surface area contributed by atoms with Crippen molar-refractivity contribution in [2.45, 2.75) is 19.8 Å². The first-order chi connectivity index (χ1) is 12.1. The van der Waals surface area contributed by atoms with Crippen molar-refractivity contribution < 1.29 is 23.5 Å². The Bertz CT molecular complexity index is 708. The maximum Gasteiger partial charge on any atom is 0.305 e. The largest absolute Gasteiger partial charge is 0.466 e. The first-order valence-corrected chi connectivity index (χ1v) is 7.99. The number of rotatable bonds is 8. The van der Waals surface area contributed by atoms with Crippen LogP contribution >= 0.6 is 0 Å². The zero-order chi connectivity index (χ0) is 18.1. The Hall–Kier alpha value is -3.09. The number of carbonyl (C=O) groups is 3. The molecule has 2 aromatic rings. The molecule has 0 saturated heterocycles.